The second kappa shape index (κ2) is 8.00. The lowest BCUT2D eigenvalue weighted by atomic mass is 10.3. The molecule has 0 aliphatic rings. The summed E-state index contributed by atoms with van der Waals surface area (Å²) in [5.74, 6) is 0.609. The zero-order valence-electron chi connectivity index (χ0n) is 11.8. The number of hydrogen-bond donors (Lipinski definition) is 1. The lowest BCUT2D eigenvalue weighted by Crippen LogP contribution is -2.21. The van der Waals surface area contributed by atoms with E-state index >= 15 is 0 Å². The molecule has 2 aromatic rings. The Morgan fingerprint density at radius 3 is 2.91 bits per heavy atom. The summed E-state index contributed by atoms with van der Waals surface area (Å²) >= 11 is 9.17. The van der Waals surface area contributed by atoms with Gasteiger partial charge in [0.05, 0.1) is 11.1 Å². The van der Waals surface area contributed by atoms with Crippen molar-refractivity contribution in [1.82, 2.24) is 4.98 Å². The highest BCUT2D eigenvalue weighted by Gasteiger charge is 2.10. The first-order chi connectivity index (χ1) is 10.6. The number of nitrogens with zero attached hydrogens (tertiary/aromatic N) is 1. The third kappa shape index (κ3) is 4.61. The number of halogens is 2. The molecule has 0 saturated carbocycles. The third-order valence-electron chi connectivity index (χ3n) is 2.58. The number of rotatable bonds is 6. The van der Waals surface area contributed by atoms with Crippen LogP contribution >= 0.6 is 27.5 Å². The predicted molar refractivity (Wildman–Crippen MR) is 88.7 cm³/mol. The number of carbonyl (C=O) groups is 1. The molecular weight excluding hydrogens is 372 g/mol. The molecule has 1 aromatic carbocycles. The van der Waals surface area contributed by atoms with E-state index in [0.717, 1.165) is 0 Å². The minimum atomic E-state index is -0.309. The Labute approximate surface area is 141 Å². The first-order valence-electron chi connectivity index (χ1n) is 6.55. The van der Waals surface area contributed by atoms with Gasteiger partial charge in [0.25, 0.3) is 5.91 Å². The molecule has 1 aromatic heterocycles. The van der Waals surface area contributed by atoms with Gasteiger partial charge in [-0.1, -0.05) is 11.6 Å². The van der Waals surface area contributed by atoms with E-state index in [-0.39, 0.29) is 12.5 Å². The Balaban J connectivity index is 1.96. The molecule has 116 valence electrons. The van der Waals surface area contributed by atoms with Gasteiger partial charge >= 0.3 is 0 Å². The molecule has 1 amide bonds. The SMILES string of the molecule is CCOc1ncccc1NC(=O)COc1ccc(Cl)cc1Br. The monoisotopic (exact) mass is 384 g/mol. The molecule has 0 radical (unpaired) electrons. The maximum absolute atomic E-state index is 12.0. The largest absolute Gasteiger partial charge is 0.483 e. The first-order valence-corrected chi connectivity index (χ1v) is 7.72. The summed E-state index contributed by atoms with van der Waals surface area (Å²) in [7, 11) is 0. The van der Waals surface area contributed by atoms with Crippen molar-refractivity contribution < 1.29 is 14.3 Å². The van der Waals surface area contributed by atoms with Crippen LogP contribution in [-0.4, -0.2) is 24.1 Å². The van der Waals surface area contributed by atoms with Gasteiger partial charge < -0.3 is 14.8 Å². The molecule has 0 aliphatic heterocycles. The number of carbonyl (C=O) groups excluding carboxylic acids is 1. The standard InChI is InChI=1S/C15H14BrClN2O3/c1-2-21-15-12(4-3-7-18-15)19-14(20)9-22-13-6-5-10(17)8-11(13)16/h3-8H,2,9H2,1H3,(H,19,20). The summed E-state index contributed by atoms with van der Waals surface area (Å²) in [6, 6.07) is 8.51. The Morgan fingerprint density at radius 2 is 2.18 bits per heavy atom. The molecule has 5 nitrogen and oxygen atoms in total. The van der Waals surface area contributed by atoms with Crippen LogP contribution in [0.5, 0.6) is 11.6 Å². The summed E-state index contributed by atoms with van der Waals surface area (Å²) in [6.07, 6.45) is 1.60. The average molecular weight is 386 g/mol. The molecule has 1 heterocycles. The minimum absolute atomic E-state index is 0.138. The lowest BCUT2D eigenvalue weighted by molar-refractivity contribution is -0.118. The van der Waals surface area contributed by atoms with E-state index < -0.39 is 0 Å². The molecule has 0 aliphatic carbocycles. The van der Waals surface area contributed by atoms with Crippen LogP contribution in [0, 0.1) is 0 Å². The normalized spacial score (nSPS) is 10.1. The van der Waals surface area contributed by atoms with Crippen molar-refractivity contribution in [3.8, 4) is 11.6 Å². The van der Waals surface area contributed by atoms with Gasteiger partial charge in [0.2, 0.25) is 5.88 Å². The maximum Gasteiger partial charge on any atom is 0.262 e. The number of benzene rings is 1. The summed E-state index contributed by atoms with van der Waals surface area (Å²) in [5, 5.41) is 3.29. The smallest absolute Gasteiger partial charge is 0.262 e. The first kappa shape index (κ1) is 16.6. The summed E-state index contributed by atoms with van der Waals surface area (Å²) in [6.45, 7) is 2.18. The van der Waals surface area contributed by atoms with Crippen molar-refractivity contribution in [3.05, 3.63) is 46.0 Å². The number of hydrogen-bond acceptors (Lipinski definition) is 4. The number of nitrogens with one attached hydrogen (secondary N) is 1. The van der Waals surface area contributed by atoms with E-state index in [0.29, 0.717) is 33.4 Å². The van der Waals surface area contributed by atoms with Gasteiger partial charge in [0, 0.05) is 11.2 Å². The van der Waals surface area contributed by atoms with Crippen molar-refractivity contribution in [1.29, 1.82) is 0 Å². The van der Waals surface area contributed by atoms with Crippen molar-refractivity contribution >= 4 is 39.1 Å². The quantitative estimate of drug-likeness (QED) is 0.819. The highest BCUT2D eigenvalue weighted by molar-refractivity contribution is 9.10. The number of aromatic nitrogens is 1. The van der Waals surface area contributed by atoms with Crippen LogP contribution < -0.4 is 14.8 Å². The molecule has 0 unspecified atom stereocenters. The van der Waals surface area contributed by atoms with Crippen LogP contribution in [-0.2, 0) is 4.79 Å². The van der Waals surface area contributed by atoms with Crippen molar-refractivity contribution in [3.63, 3.8) is 0 Å². The molecule has 0 bridgehead atoms. The summed E-state index contributed by atoms with van der Waals surface area (Å²) in [4.78, 5) is 16.0. The van der Waals surface area contributed by atoms with Gasteiger partial charge in [-0.2, -0.15) is 0 Å². The number of anilines is 1. The molecule has 22 heavy (non-hydrogen) atoms. The Morgan fingerprint density at radius 1 is 1.36 bits per heavy atom. The fourth-order valence-corrected chi connectivity index (χ4v) is 2.46. The second-order valence-corrected chi connectivity index (χ2v) is 5.49. The number of ether oxygens (including phenoxy) is 2. The fraction of sp³-hybridized carbons (Fsp3) is 0.200. The van der Waals surface area contributed by atoms with Crippen LogP contribution in [0.1, 0.15) is 6.92 Å². The van der Waals surface area contributed by atoms with E-state index in [9.17, 15) is 4.79 Å². The molecule has 0 spiro atoms. The number of amides is 1. The molecule has 0 atom stereocenters. The van der Waals surface area contributed by atoms with E-state index in [1.807, 2.05) is 6.92 Å². The summed E-state index contributed by atoms with van der Waals surface area (Å²) < 4.78 is 11.5. The fourth-order valence-electron chi connectivity index (χ4n) is 1.66. The maximum atomic E-state index is 12.0. The van der Waals surface area contributed by atoms with E-state index in [1.165, 1.54) is 0 Å². The van der Waals surface area contributed by atoms with Gasteiger partial charge in [-0.3, -0.25) is 4.79 Å². The van der Waals surface area contributed by atoms with Crippen molar-refractivity contribution in [2.45, 2.75) is 6.92 Å². The molecule has 0 fully saturated rings. The van der Waals surface area contributed by atoms with Gasteiger partial charge in [0.15, 0.2) is 6.61 Å². The van der Waals surface area contributed by atoms with E-state index in [1.54, 1.807) is 36.5 Å². The van der Waals surface area contributed by atoms with Crippen LogP contribution in [0.25, 0.3) is 0 Å². The highest BCUT2D eigenvalue weighted by Crippen LogP contribution is 2.28. The highest BCUT2D eigenvalue weighted by atomic mass is 79.9. The van der Waals surface area contributed by atoms with Crippen molar-refractivity contribution in [2.24, 2.45) is 0 Å². The Bertz CT molecular complexity index is 667. The van der Waals surface area contributed by atoms with Gasteiger partial charge in [0.1, 0.15) is 11.4 Å². The van der Waals surface area contributed by atoms with Gasteiger partial charge in [-0.25, -0.2) is 4.98 Å². The molecule has 2 rings (SSSR count). The third-order valence-corrected chi connectivity index (χ3v) is 3.43. The zero-order valence-corrected chi connectivity index (χ0v) is 14.1. The van der Waals surface area contributed by atoms with E-state index in [4.69, 9.17) is 21.1 Å². The number of pyridine rings is 1. The van der Waals surface area contributed by atoms with E-state index in [2.05, 4.69) is 26.2 Å². The molecule has 0 saturated heterocycles. The second-order valence-electron chi connectivity index (χ2n) is 4.20. The Hall–Kier alpha value is -1.79. The van der Waals surface area contributed by atoms with Crippen LogP contribution in [0.2, 0.25) is 5.02 Å². The zero-order chi connectivity index (χ0) is 15.9. The molecule has 7 heteroatoms. The minimum Gasteiger partial charge on any atom is -0.483 e. The molecular formula is C15H14BrClN2O3. The van der Waals surface area contributed by atoms with Crippen LogP contribution in [0.3, 0.4) is 0 Å². The van der Waals surface area contributed by atoms with Crippen molar-refractivity contribution in [2.75, 3.05) is 18.5 Å². The van der Waals surface area contributed by atoms with Crippen LogP contribution in [0.4, 0.5) is 5.69 Å². The van der Waals surface area contributed by atoms with Gasteiger partial charge in [-0.05, 0) is 53.2 Å². The van der Waals surface area contributed by atoms with Gasteiger partial charge in [-0.15, -0.1) is 0 Å². The topological polar surface area (TPSA) is 60.5 Å². The Kier molecular flexibility index (Phi) is 6.03. The van der Waals surface area contributed by atoms with Crippen LogP contribution in [0.15, 0.2) is 41.0 Å². The molecule has 1 N–H and O–H groups in total. The summed E-state index contributed by atoms with van der Waals surface area (Å²) in [5.41, 5.74) is 0.508. The predicted octanol–water partition coefficient (Wildman–Crippen LogP) is 3.91. The lowest BCUT2D eigenvalue weighted by Gasteiger charge is -2.11. The average Bonchev–Trinajstić information content (AvgIpc) is 2.48.